The molecule has 0 aromatic heterocycles. The number of aromatic carboxylic acids is 1. The second kappa shape index (κ2) is 4.11. The Morgan fingerprint density at radius 1 is 1.33 bits per heavy atom. The van der Waals surface area contributed by atoms with Gasteiger partial charge in [-0.05, 0) is 31.0 Å². The molecule has 0 aliphatic carbocycles. The van der Waals surface area contributed by atoms with E-state index in [2.05, 4.69) is 4.90 Å². The Kier molecular flexibility index (Phi) is 2.82. The molecule has 80 valence electrons. The number of halogens is 1. The van der Waals surface area contributed by atoms with Crippen LogP contribution in [0.4, 0.5) is 5.69 Å². The maximum atomic E-state index is 11.0. The van der Waals surface area contributed by atoms with Crippen molar-refractivity contribution in [1.29, 1.82) is 0 Å². The summed E-state index contributed by atoms with van der Waals surface area (Å²) in [6, 6.07) is 5.04. The normalized spacial score (nSPS) is 15.7. The van der Waals surface area contributed by atoms with Gasteiger partial charge in [0.15, 0.2) is 0 Å². The van der Waals surface area contributed by atoms with Gasteiger partial charge in [0.2, 0.25) is 0 Å². The highest BCUT2D eigenvalue weighted by molar-refractivity contribution is 6.31. The smallest absolute Gasteiger partial charge is 0.337 e. The quantitative estimate of drug-likeness (QED) is 0.841. The SMILES string of the molecule is O=C(O)c1cc(Cl)ccc1N1CCCC1. The first-order valence-corrected chi connectivity index (χ1v) is 5.34. The monoisotopic (exact) mass is 225 g/mol. The van der Waals surface area contributed by atoms with Crippen LogP contribution >= 0.6 is 11.6 Å². The number of carbonyl (C=O) groups is 1. The van der Waals surface area contributed by atoms with Crippen molar-refractivity contribution >= 4 is 23.3 Å². The third-order valence-corrected chi connectivity index (χ3v) is 2.87. The molecule has 3 nitrogen and oxygen atoms in total. The van der Waals surface area contributed by atoms with E-state index < -0.39 is 5.97 Å². The highest BCUT2D eigenvalue weighted by Gasteiger charge is 2.19. The summed E-state index contributed by atoms with van der Waals surface area (Å²) >= 11 is 5.79. The molecular formula is C11H12ClNO2. The number of anilines is 1. The van der Waals surface area contributed by atoms with Gasteiger partial charge in [-0.15, -0.1) is 0 Å². The van der Waals surface area contributed by atoms with Crippen LogP contribution in [-0.2, 0) is 0 Å². The van der Waals surface area contributed by atoms with Gasteiger partial charge in [0.05, 0.1) is 11.3 Å². The van der Waals surface area contributed by atoms with E-state index in [0.717, 1.165) is 31.6 Å². The van der Waals surface area contributed by atoms with Gasteiger partial charge in [0, 0.05) is 18.1 Å². The first kappa shape index (κ1) is 10.3. The van der Waals surface area contributed by atoms with Gasteiger partial charge in [0.25, 0.3) is 0 Å². The van der Waals surface area contributed by atoms with Crippen LogP contribution in [0.1, 0.15) is 23.2 Å². The zero-order chi connectivity index (χ0) is 10.8. The second-order valence-corrected chi connectivity index (χ2v) is 4.10. The highest BCUT2D eigenvalue weighted by Crippen LogP contribution is 2.27. The van der Waals surface area contributed by atoms with Crippen LogP contribution in [0, 0.1) is 0 Å². The number of hydrogen-bond donors (Lipinski definition) is 1. The molecule has 1 N–H and O–H groups in total. The van der Waals surface area contributed by atoms with Crippen LogP contribution in [0.25, 0.3) is 0 Å². The van der Waals surface area contributed by atoms with E-state index in [4.69, 9.17) is 16.7 Å². The van der Waals surface area contributed by atoms with Gasteiger partial charge in [-0.2, -0.15) is 0 Å². The van der Waals surface area contributed by atoms with E-state index in [0.29, 0.717) is 10.6 Å². The summed E-state index contributed by atoms with van der Waals surface area (Å²) in [7, 11) is 0. The summed E-state index contributed by atoms with van der Waals surface area (Å²) < 4.78 is 0. The molecule has 0 saturated carbocycles. The summed E-state index contributed by atoms with van der Waals surface area (Å²) in [6.07, 6.45) is 2.25. The number of rotatable bonds is 2. The highest BCUT2D eigenvalue weighted by atomic mass is 35.5. The molecule has 1 heterocycles. The molecule has 1 aliphatic rings. The largest absolute Gasteiger partial charge is 0.478 e. The Hall–Kier alpha value is -1.22. The van der Waals surface area contributed by atoms with E-state index in [1.165, 1.54) is 6.07 Å². The zero-order valence-corrected chi connectivity index (χ0v) is 9.00. The minimum atomic E-state index is -0.917. The van der Waals surface area contributed by atoms with E-state index in [9.17, 15) is 4.79 Å². The molecule has 1 aromatic rings. The Balaban J connectivity index is 2.40. The lowest BCUT2D eigenvalue weighted by atomic mass is 10.1. The summed E-state index contributed by atoms with van der Waals surface area (Å²) in [5.74, 6) is -0.917. The van der Waals surface area contributed by atoms with Gasteiger partial charge in [-0.3, -0.25) is 0 Å². The number of hydrogen-bond acceptors (Lipinski definition) is 2. The van der Waals surface area contributed by atoms with Gasteiger partial charge in [-0.1, -0.05) is 11.6 Å². The molecule has 0 radical (unpaired) electrons. The topological polar surface area (TPSA) is 40.5 Å². The van der Waals surface area contributed by atoms with Crippen molar-refractivity contribution in [2.75, 3.05) is 18.0 Å². The second-order valence-electron chi connectivity index (χ2n) is 3.66. The molecular weight excluding hydrogens is 214 g/mol. The molecule has 1 aliphatic heterocycles. The summed E-state index contributed by atoms with van der Waals surface area (Å²) in [5, 5.41) is 9.53. The molecule has 0 amide bonds. The predicted molar refractivity (Wildman–Crippen MR) is 59.9 cm³/mol. The van der Waals surface area contributed by atoms with Gasteiger partial charge >= 0.3 is 5.97 Å². The summed E-state index contributed by atoms with van der Waals surface area (Å²) in [4.78, 5) is 13.1. The first-order chi connectivity index (χ1) is 7.18. The lowest BCUT2D eigenvalue weighted by Gasteiger charge is -2.19. The van der Waals surface area contributed by atoms with Gasteiger partial charge in [0.1, 0.15) is 0 Å². The Labute approximate surface area is 93.3 Å². The van der Waals surface area contributed by atoms with Crippen LogP contribution in [0.15, 0.2) is 18.2 Å². The lowest BCUT2D eigenvalue weighted by Crippen LogP contribution is -2.20. The van der Waals surface area contributed by atoms with Crippen LogP contribution in [0.2, 0.25) is 5.02 Å². The molecule has 0 bridgehead atoms. The van der Waals surface area contributed by atoms with Crippen molar-refractivity contribution in [2.45, 2.75) is 12.8 Å². The van der Waals surface area contributed by atoms with Crippen molar-refractivity contribution < 1.29 is 9.90 Å². The van der Waals surface area contributed by atoms with E-state index >= 15 is 0 Å². The lowest BCUT2D eigenvalue weighted by molar-refractivity contribution is 0.0697. The third kappa shape index (κ3) is 2.07. The van der Waals surface area contributed by atoms with Crippen LogP contribution < -0.4 is 4.90 Å². The van der Waals surface area contributed by atoms with E-state index in [1.54, 1.807) is 12.1 Å². The fourth-order valence-corrected chi connectivity index (χ4v) is 2.09. The number of benzene rings is 1. The van der Waals surface area contributed by atoms with Gasteiger partial charge < -0.3 is 10.0 Å². The van der Waals surface area contributed by atoms with Crippen LogP contribution in [0.3, 0.4) is 0 Å². The molecule has 0 atom stereocenters. The van der Waals surface area contributed by atoms with Gasteiger partial charge in [-0.25, -0.2) is 4.79 Å². The van der Waals surface area contributed by atoms with Crippen LogP contribution in [-0.4, -0.2) is 24.2 Å². The molecule has 1 fully saturated rings. The maximum absolute atomic E-state index is 11.0. The molecule has 4 heteroatoms. The minimum absolute atomic E-state index is 0.296. The number of nitrogens with zero attached hydrogens (tertiary/aromatic N) is 1. The van der Waals surface area contributed by atoms with Crippen LogP contribution in [0.5, 0.6) is 0 Å². The fraction of sp³-hybridized carbons (Fsp3) is 0.364. The van der Waals surface area contributed by atoms with Crippen molar-refractivity contribution in [3.05, 3.63) is 28.8 Å². The van der Waals surface area contributed by atoms with E-state index in [1.807, 2.05) is 0 Å². The first-order valence-electron chi connectivity index (χ1n) is 4.96. The van der Waals surface area contributed by atoms with Crippen molar-refractivity contribution in [3.63, 3.8) is 0 Å². The standard InChI is InChI=1S/C11H12ClNO2/c12-8-3-4-10(9(7-8)11(14)15)13-5-1-2-6-13/h3-4,7H,1-2,5-6H2,(H,14,15). The third-order valence-electron chi connectivity index (χ3n) is 2.64. The molecule has 2 rings (SSSR count). The molecule has 1 aromatic carbocycles. The Morgan fingerprint density at radius 2 is 2.00 bits per heavy atom. The summed E-state index contributed by atoms with van der Waals surface area (Å²) in [5.41, 5.74) is 1.08. The van der Waals surface area contributed by atoms with Crippen molar-refractivity contribution in [3.8, 4) is 0 Å². The average molecular weight is 226 g/mol. The Morgan fingerprint density at radius 3 is 2.60 bits per heavy atom. The fourth-order valence-electron chi connectivity index (χ4n) is 1.91. The number of carboxylic acid groups (broad SMARTS) is 1. The average Bonchev–Trinajstić information content (AvgIpc) is 2.70. The zero-order valence-electron chi connectivity index (χ0n) is 8.24. The molecule has 0 spiro atoms. The van der Waals surface area contributed by atoms with Crippen molar-refractivity contribution in [1.82, 2.24) is 0 Å². The molecule has 1 saturated heterocycles. The molecule has 15 heavy (non-hydrogen) atoms. The molecule has 0 unspecified atom stereocenters. The van der Waals surface area contributed by atoms with E-state index in [-0.39, 0.29) is 0 Å². The predicted octanol–water partition coefficient (Wildman–Crippen LogP) is 2.64. The Bertz CT molecular complexity index is 386. The summed E-state index contributed by atoms with van der Waals surface area (Å²) in [6.45, 7) is 1.86. The van der Waals surface area contributed by atoms with Crippen molar-refractivity contribution in [2.24, 2.45) is 0 Å². The number of carboxylic acids is 1. The minimum Gasteiger partial charge on any atom is -0.478 e. The maximum Gasteiger partial charge on any atom is 0.337 e.